The third-order valence-electron chi connectivity index (χ3n) is 3.61. The molecule has 1 aliphatic heterocycles. The molecule has 0 radical (unpaired) electrons. The van der Waals surface area contributed by atoms with Crippen LogP contribution in [0.5, 0.6) is 0 Å². The molecule has 18 heavy (non-hydrogen) atoms. The molecule has 1 fully saturated rings. The van der Waals surface area contributed by atoms with E-state index in [-0.39, 0.29) is 11.9 Å². The van der Waals surface area contributed by atoms with E-state index < -0.39 is 0 Å². The summed E-state index contributed by atoms with van der Waals surface area (Å²) in [5, 5.41) is 6.43. The summed E-state index contributed by atoms with van der Waals surface area (Å²) in [6, 6.07) is 9.39. The molecule has 2 N–H and O–H groups in total. The van der Waals surface area contributed by atoms with Crippen molar-refractivity contribution in [1.82, 2.24) is 10.6 Å². The topological polar surface area (TPSA) is 41.1 Å². The molecule has 2 rings (SSSR count). The molecule has 1 aromatic rings. The largest absolute Gasteiger partial charge is 0.354 e. The molecular formula is C15H22N2O. The van der Waals surface area contributed by atoms with Gasteiger partial charge in [0.25, 0.3) is 0 Å². The predicted octanol–water partition coefficient (Wildman–Crippen LogP) is 2.18. The Bertz CT molecular complexity index is 399. The molecule has 3 nitrogen and oxygen atoms in total. The lowest BCUT2D eigenvalue weighted by Crippen LogP contribution is -2.34. The van der Waals surface area contributed by atoms with Gasteiger partial charge >= 0.3 is 0 Å². The minimum atomic E-state index is 0.156. The van der Waals surface area contributed by atoms with E-state index in [0.717, 1.165) is 19.4 Å². The number of rotatable bonds is 5. The van der Waals surface area contributed by atoms with Gasteiger partial charge in [-0.25, -0.2) is 0 Å². The number of amides is 1. The molecule has 0 saturated carbocycles. The van der Waals surface area contributed by atoms with Crippen LogP contribution in [0.4, 0.5) is 0 Å². The highest BCUT2D eigenvalue weighted by atomic mass is 16.1. The lowest BCUT2D eigenvalue weighted by atomic mass is 10.0. The first-order valence-electron chi connectivity index (χ1n) is 6.84. The van der Waals surface area contributed by atoms with E-state index in [2.05, 4.69) is 48.7 Å². The smallest absolute Gasteiger partial charge is 0.221 e. The number of nitrogens with one attached hydrogen (secondary N) is 2. The maximum Gasteiger partial charge on any atom is 0.221 e. The first-order valence-corrected chi connectivity index (χ1v) is 6.84. The highest BCUT2D eigenvalue weighted by molar-refractivity contribution is 5.78. The molecule has 1 saturated heterocycles. The Morgan fingerprint density at radius 1 is 1.33 bits per heavy atom. The van der Waals surface area contributed by atoms with Gasteiger partial charge in [0, 0.05) is 25.0 Å². The number of carbonyl (C=O) groups is 1. The maximum absolute atomic E-state index is 11.2. The maximum atomic E-state index is 11.2. The van der Waals surface area contributed by atoms with E-state index >= 15 is 0 Å². The Balaban J connectivity index is 2.00. The van der Waals surface area contributed by atoms with Crippen LogP contribution in [0.25, 0.3) is 0 Å². The van der Waals surface area contributed by atoms with Crippen LogP contribution in [0.1, 0.15) is 43.9 Å². The summed E-state index contributed by atoms with van der Waals surface area (Å²) in [7, 11) is 0. The van der Waals surface area contributed by atoms with E-state index in [1.807, 2.05) is 0 Å². The molecule has 0 aromatic heterocycles. The van der Waals surface area contributed by atoms with E-state index in [4.69, 9.17) is 0 Å². The highest BCUT2D eigenvalue weighted by Gasteiger charge is 2.23. The molecule has 3 heteroatoms. The van der Waals surface area contributed by atoms with Gasteiger partial charge < -0.3 is 10.6 Å². The van der Waals surface area contributed by atoms with Crippen molar-refractivity contribution in [1.29, 1.82) is 0 Å². The predicted molar refractivity (Wildman–Crippen MR) is 73.4 cm³/mol. The molecule has 0 aliphatic carbocycles. The third kappa shape index (κ3) is 3.10. The normalized spacial score (nSPS) is 20.8. The molecule has 2 atom stereocenters. The zero-order valence-electron chi connectivity index (χ0n) is 11.2. The molecule has 0 spiro atoms. The van der Waals surface area contributed by atoms with Gasteiger partial charge in [-0.3, -0.25) is 4.79 Å². The minimum Gasteiger partial charge on any atom is -0.354 e. The molecule has 1 aliphatic rings. The van der Waals surface area contributed by atoms with Crippen LogP contribution in [0.2, 0.25) is 0 Å². The van der Waals surface area contributed by atoms with E-state index in [1.165, 1.54) is 11.1 Å². The summed E-state index contributed by atoms with van der Waals surface area (Å²) in [5.41, 5.74) is 2.68. The van der Waals surface area contributed by atoms with Crippen molar-refractivity contribution in [3.63, 3.8) is 0 Å². The van der Waals surface area contributed by atoms with Gasteiger partial charge in [-0.15, -0.1) is 0 Å². The van der Waals surface area contributed by atoms with E-state index in [9.17, 15) is 4.79 Å². The number of hydrogen-bond acceptors (Lipinski definition) is 2. The number of benzene rings is 1. The van der Waals surface area contributed by atoms with Crippen LogP contribution >= 0.6 is 0 Å². The first-order chi connectivity index (χ1) is 8.72. The van der Waals surface area contributed by atoms with Crippen molar-refractivity contribution in [2.75, 3.05) is 6.54 Å². The molecule has 0 bridgehead atoms. The average molecular weight is 246 g/mol. The SMILES string of the molecule is CCc1ccc(C(CC)NC2CNC(=O)C2)cc1. The van der Waals surface area contributed by atoms with Gasteiger partial charge in [0.15, 0.2) is 0 Å². The first kappa shape index (κ1) is 13.1. The molecule has 1 aromatic carbocycles. The second kappa shape index (κ2) is 6.01. The van der Waals surface area contributed by atoms with E-state index in [1.54, 1.807) is 0 Å². The zero-order chi connectivity index (χ0) is 13.0. The summed E-state index contributed by atoms with van der Waals surface area (Å²) < 4.78 is 0. The highest BCUT2D eigenvalue weighted by Crippen LogP contribution is 2.19. The number of carbonyl (C=O) groups excluding carboxylic acids is 1. The van der Waals surface area contributed by atoms with Crippen LogP contribution in [0.3, 0.4) is 0 Å². The van der Waals surface area contributed by atoms with Gasteiger partial charge in [-0.05, 0) is 24.0 Å². The van der Waals surface area contributed by atoms with Crippen molar-refractivity contribution < 1.29 is 4.79 Å². The second-order valence-electron chi connectivity index (χ2n) is 4.93. The van der Waals surface area contributed by atoms with Crippen LogP contribution in [-0.2, 0) is 11.2 Å². The number of hydrogen-bond donors (Lipinski definition) is 2. The Morgan fingerprint density at radius 3 is 2.56 bits per heavy atom. The fourth-order valence-corrected chi connectivity index (χ4v) is 2.44. The van der Waals surface area contributed by atoms with E-state index in [0.29, 0.717) is 12.5 Å². The van der Waals surface area contributed by atoms with Crippen molar-refractivity contribution in [3.8, 4) is 0 Å². The molecule has 1 heterocycles. The van der Waals surface area contributed by atoms with Crippen LogP contribution in [-0.4, -0.2) is 18.5 Å². The minimum absolute atomic E-state index is 0.156. The van der Waals surface area contributed by atoms with Gasteiger partial charge in [-0.1, -0.05) is 38.1 Å². The van der Waals surface area contributed by atoms with Gasteiger partial charge in [0.1, 0.15) is 0 Å². The molecule has 2 unspecified atom stereocenters. The summed E-state index contributed by atoms with van der Waals surface area (Å²) in [6.45, 7) is 5.10. The standard InChI is InChI=1S/C15H22N2O/c1-3-11-5-7-12(8-6-11)14(4-2)17-13-9-15(18)16-10-13/h5-8,13-14,17H,3-4,9-10H2,1-2H3,(H,16,18). The fraction of sp³-hybridized carbons (Fsp3) is 0.533. The summed E-state index contributed by atoms with van der Waals surface area (Å²) >= 11 is 0. The number of aryl methyl sites for hydroxylation is 1. The van der Waals surface area contributed by atoms with Crippen molar-refractivity contribution in [2.24, 2.45) is 0 Å². The lowest BCUT2D eigenvalue weighted by molar-refractivity contribution is -0.119. The van der Waals surface area contributed by atoms with Gasteiger partial charge in [0.2, 0.25) is 5.91 Å². The zero-order valence-corrected chi connectivity index (χ0v) is 11.2. The monoisotopic (exact) mass is 246 g/mol. The Kier molecular flexibility index (Phi) is 4.37. The van der Waals surface area contributed by atoms with Crippen molar-refractivity contribution >= 4 is 5.91 Å². The summed E-state index contributed by atoms with van der Waals surface area (Å²) in [5.74, 6) is 0.156. The molecule has 1 amide bonds. The average Bonchev–Trinajstić information content (AvgIpc) is 2.82. The van der Waals surface area contributed by atoms with Crippen LogP contribution < -0.4 is 10.6 Å². The Hall–Kier alpha value is -1.35. The van der Waals surface area contributed by atoms with Gasteiger partial charge in [0.05, 0.1) is 0 Å². The summed E-state index contributed by atoms with van der Waals surface area (Å²) in [6.07, 6.45) is 2.71. The van der Waals surface area contributed by atoms with Crippen molar-refractivity contribution in [2.45, 2.75) is 45.2 Å². The van der Waals surface area contributed by atoms with Crippen molar-refractivity contribution in [3.05, 3.63) is 35.4 Å². The third-order valence-corrected chi connectivity index (χ3v) is 3.61. The van der Waals surface area contributed by atoms with Gasteiger partial charge in [-0.2, -0.15) is 0 Å². The lowest BCUT2D eigenvalue weighted by Gasteiger charge is -2.21. The van der Waals surface area contributed by atoms with Crippen LogP contribution in [0, 0.1) is 0 Å². The Labute approximate surface area is 109 Å². The molecule has 98 valence electrons. The fourth-order valence-electron chi connectivity index (χ4n) is 2.44. The summed E-state index contributed by atoms with van der Waals surface area (Å²) in [4.78, 5) is 11.2. The Morgan fingerprint density at radius 2 is 2.06 bits per heavy atom. The quantitative estimate of drug-likeness (QED) is 0.836. The van der Waals surface area contributed by atoms with Crippen LogP contribution in [0.15, 0.2) is 24.3 Å². The molecular weight excluding hydrogens is 224 g/mol. The second-order valence-corrected chi connectivity index (χ2v) is 4.93.